The van der Waals surface area contributed by atoms with Gasteiger partial charge in [0.05, 0.1) is 5.02 Å². The summed E-state index contributed by atoms with van der Waals surface area (Å²) < 4.78 is 0. The van der Waals surface area contributed by atoms with Crippen LogP contribution in [0.4, 0.5) is 5.82 Å². The van der Waals surface area contributed by atoms with E-state index in [0.717, 1.165) is 11.3 Å². The number of aromatic nitrogens is 1. The van der Waals surface area contributed by atoms with E-state index in [1.54, 1.807) is 12.1 Å². The molecule has 0 fully saturated rings. The molecule has 0 atom stereocenters. The van der Waals surface area contributed by atoms with Crippen molar-refractivity contribution in [1.82, 2.24) is 4.98 Å². The average Bonchev–Trinajstić information content (AvgIpc) is 2.73. The molecule has 1 aromatic carbocycles. The summed E-state index contributed by atoms with van der Waals surface area (Å²) in [5.41, 5.74) is 0.433. The van der Waals surface area contributed by atoms with Crippen molar-refractivity contribution in [1.29, 1.82) is 0 Å². The molecule has 0 N–H and O–H groups in total. The molecule has 0 bridgehead atoms. The maximum Gasteiger partial charge on any atom is 0.383 e. The van der Waals surface area contributed by atoms with Gasteiger partial charge in [0.15, 0.2) is 0 Å². The molecular weight excluding hydrogens is 311 g/mol. The molecule has 98 valence electrons. The number of hydrogen-bond acceptors (Lipinski definition) is 5. The maximum absolute atomic E-state index is 11.3. The SMILES string of the molecule is CC(=O)c1nc([N+](=O)[O-])c(-c2ccc(Cl)cc2Cl)s1. The minimum absolute atomic E-state index is 0.0766. The first kappa shape index (κ1) is 13.9. The van der Waals surface area contributed by atoms with Gasteiger partial charge >= 0.3 is 5.82 Å². The molecule has 0 spiro atoms. The highest BCUT2D eigenvalue weighted by molar-refractivity contribution is 7.17. The topological polar surface area (TPSA) is 73.1 Å². The highest BCUT2D eigenvalue weighted by Gasteiger charge is 2.27. The molecule has 0 amide bonds. The summed E-state index contributed by atoms with van der Waals surface area (Å²) in [6.45, 7) is 1.30. The molecule has 1 aromatic heterocycles. The minimum Gasteiger partial charge on any atom is -0.358 e. The normalized spacial score (nSPS) is 10.5. The summed E-state index contributed by atoms with van der Waals surface area (Å²) in [4.78, 5) is 25.6. The summed E-state index contributed by atoms with van der Waals surface area (Å²) in [5.74, 6) is -0.705. The Morgan fingerprint density at radius 2 is 2.11 bits per heavy atom. The highest BCUT2D eigenvalue weighted by atomic mass is 35.5. The molecule has 5 nitrogen and oxygen atoms in total. The molecule has 1 heterocycles. The Morgan fingerprint density at radius 1 is 1.42 bits per heavy atom. The number of halogens is 2. The first-order valence-corrected chi connectivity index (χ1v) is 6.59. The second kappa shape index (κ2) is 5.24. The molecule has 0 aliphatic carbocycles. The second-order valence-electron chi connectivity index (χ2n) is 3.61. The predicted octanol–water partition coefficient (Wildman–Crippen LogP) is 4.23. The number of rotatable bonds is 3. The van der Waals surface area contributed by atoms with Crippen LogP contribution in [0.25, 0.3) is 10.4 Å². The fraction of sp³-hybridized carbons (Fsp3) is 0.0909. The Labute approximate surface area is 121 Å². The van der Waals surface area contributed by atoms with Gasteiger partial charge in [-0.15, -0.1) is 0 Å². The summed E-state index contributed by atoms with van der Waals surface area (Å²) in [6.07, 6.45) is 0. The smallest absolute Gasteiger partial charge is 0.358 e. The van der Waals surface area contributed by atoms with Crippen LogP contribution in [0.15, 0.2) is 18.2 Å². The first-order chi connectivity index (χ1) is 8.90. The zero-order chi connectivity index (χ0) is 14.2. The summed E-state index contributed by atoms with van der Waals surface area (Å²) in [6, 6.07) is 4.62. The lowest BCUT2D eigenvalue weighted by molar-refractivity contribution is -0.388. The molecule has 19 heavy (non-hydrogen) atoms. The monoisotopic (exact) mass is 316 g/mol. The third-order valence-corrected chi connectivity index (χ3v) is 3.99. The van der Waals surface area contributed by atoms with Crippen molar-refractivity contribution in [3.63, 3.8) is 0 Å². The number of nitrogens with zero attached hydrogens (tertiary/aromatic N) is 2. The van der Waals surface area contributed by atoms with E-state index in [2.05, 4.69) is 4.98 Å². The zero-order valence-electron chi connectivity index (χ0n) is 9.52. The van der Waals surface area contributed by atoms with Gasteiger partial charge in [0.25, 0.3) is 5.01 Å². The van der Waals surface area contributed by atoms with Crippen LogP contribution in [-0.4, -0.2) is 15.7 Å². The van der Waals surface area contributed by atoms with Gasteiger partial charge in [0.1, 0.15) is 4.88 Å². The van der Waals surface area contributed by atoms with Crippen molar-refractivity contribution < 1.29 is 9.72 Å². The van der Waals surface area contributed by atoms with Crippen molar-refractivity contribution in [3.8, 4) is 10.4 Å². The lowest BCUT2D eigenvalue weighted by Crippen LogP contribution is -1.93. The van der Waals surface area contributed by atoms with Gasteiger partial charge in [-0.2, -0.15) is 0 Å². The minimum atomic E-state index is -0.636. The Hall–Kier alpha value is -1.50. The van der Waals surface area contributed by atoms with Crippen molar-refractivity contribution in [3.05, 3.63) is 43.4 Å². The van der Waals surface area contributed by atoms with E-state index in [1.165, 1.54) is 13.0 Å². The number of thiazole rings is 1. The number of carbonyl (C=O) groups is 1. The molecule has 0 aliphatic heterocycles. The second-order valence-corrected chi connectivity index (χ2v) is 5.45. The number of nitro groups is 1. The Bertz CT molecular complexity index is 685. The van der Waals surface area contributed by atoms with Gasteiger partial charge < -0.3 is 10.1 Å². The van der Waals surface area contributed by atoms with Gasteiger partial charge in [0, 0.05) is 17.5 Å². The van der Waals surface area contributed by atoms with Crippen molar-refractivity contribution in [2.24, 2.45) is 0 Å². The van der Waals surface area contributed by atoms with Crippen LogP contribution in [0.3, 0.4) is 0 Å². The van der Waals surface area contributed by atoms with Gasteiger partial charge in [-0.1, -0.05) is 40.6 Å². The first-order valence-electron chi connectivity index (χ1n) is 5.01. The van der Waals surface area contributed by atoms with E-state index < -0.39 is 4.92 Å². The maximum atomic E-state index is 11.3. The third kappa shape index (κ3) is 2.75. The van der Waals surface area contributed by atoms with Crippen molar-refractivity contribution >= 4 is 46.1 Å². The fourth-order valence-electron chi connectivity index (χ4n) is 1.44. The molecule has 0 saturated heterocycles. The van der Waals surface area contributed by atoms with Gasteiger partial charge in [-0.3, -0.25) is 4.79 Å². The summed E-state index contributed by atoms with van der Waals surface area (Å²) >= 11 is 12.7. The molecule has 0 radical (unpaired) electrons. The molecule has 2 aromatic rings. The molecule has 2 rings (SSSR count). The van der Waals surface area contributed by atoms with E-state index in [4.69, 9.17) is 23.2 Å². The molecule has 0 aliphatic rings. The number of ketones is 1. The Kier molecular flexibility index (Phi) is 3.84. The molecular formula is C11H6Cl2N2O3S. The number of carbonyl (C=O) groups excluding carboxylic acids is 1. The quantitative estimate of drug-likeness (QED) is 0.482. The third-order valence-electron chi connectivity index (χ3n) is 2.26. The van der Waals surface area contributed by atoms with Gasteiger partial charge in [0.2, 0.25) is 5.78 Å². The number of hydrogen-bond donors (Lipinski definition) is 0. The van der Waals surface area contributed by atoms with Crippen LogP contribution in [0, 0.1) is 10.1 Å². The molecule has 8 heteroatoms. The fourth-order valence-corrected chi connectivity index (χ4v) is 2.96. The number of Topliss-reactive ketones (excluding diaryl/α,β-unsaturated/α-hetero) is 1. The average molecular weight is 317 g/mol. The van der Waals surface area contributed by atoms with E-state index in [0.29, 0.717) is 10.6 Å². The highest BCUT2D eigenvalue weighted by Crippen LogP contribution is 2.40. The van der Waals surface area contributed by atoms with E-state index in [-0.39, 0.29) is 26.5 Å². The van der Waals surface area contributed by atoms with E-state index in [9.17, 15) is 14.9 Å². The zero-order valence-corrected chi connectivity index (χ0v) is 11.8. The lowest BCUT2D eigenvalue weighted by Gasteiger charge is -2.01. The van der Waals surface area contributed by atoms with Crippen LogP contribution in [0.1, 0.15) is 16.7 Å². The van der Waals surface area contributed by atoms with Crippen LogP contribution < -0.4 is 0 Å². The molecule has 0 saturated carbocycles. The van der Waals surface area contributed by atoms with Crippen molar-refractivity contribution in [2.75, 3.05) is 0 Å². The van der Waals surface area contributed by atoms with Crippen LogP contribution in [-0.2, 0) is 0 Å². The summed E-state index contributed by atoms with van der Waals surface area (Å²) in [7, 11) is 0. The van der Waals surface area contributed by atoms with Crippen molar-refractivity contribution in [2.45, 2.75) is 6.92 Å². The van der Waals surface area contributed by atoms with E-state index >= 15 is 0 Å². The Morgan fingerprint density at radius 3 is 2.63 bits per heavy atom. The van der Waals surface area contributed by atoms with Crippen LogP contribution in [0.2, 0.25) is 10.0 Å². The molecule has 0 unspecified atom stereocenters. The lowest BCUT2D eigenvalue weighted by atomic mass is 10.2. The van der Waals surface area contributed by atoms with Gasteiger partial charge in [-0.05, 0) is 22.0 Å². The predicted molar refractivity (Wildman–Crippen MR) is 74.2 cm³/mol. The van der Waals surface area contributed by atoms with Crippen LogP contribution in [0.5, 0.6) is 0 Å². The Balaban J connectivity index is 2.66. The van der Waals surface area contributed by atoms with Gasteiger partial charge in [-0.25, -0.2) is 0 Å². The van der Waals surface area contributed by atoms with E-state index in [1.807, 2.05) is 0 Å². The standard InChI is InChI=1S/C11H6Cl2N2O3S/c1-5(16)11-14-10(15(17)18)9(19-11)7-3-2-6(12)4-8(7)13/h2-4H,1H3. The number of benzene rings is 1. The summed E-state index contributed by atoms with van der Waals surface area (Å²) in [5, 5.41) is 11.8. The van der Waals surface area contributed by atoms with Crippen LogP contribution >= 0.6 is 34.5 Å². The largest absolute Gasteiger partial charge is 0.383 e.